The molecule has 2 aromatic carbocycles. The van der Waals surface area contributed by atoms with Crippen molar-refractivity contribution in [2.45, 2.75) is 0 Å². The summed E-state index contributed by atoms with van der Waals surface area (Å²) in [5.74, 6) is -0.368. The predicted octanol–water partition coefficient (Wildman–Crippen LogP) is 4.86. The first-order valence-electron chi connectivity index (χ1n) is 5.02. The van der Waals surface area contributed by atoms with Crippen LogP contribution in [0.4, 0.5) is 15.8 Å². The van der Waals surface area contributed by atoms with E-state index in [-0.39, 0.29) is 5.82 Å². The van der Waals surface area contributed by atoms with Gasteiger partial charge in [-0.05, 0) is 52.3 Å². The van der Waals surface area contributed by atoms with Gasteiger partial charge in [0, 0.05) is 10.7 Å². The van der Waals surface area contributed by atoms with Crippen LogP contribution in [0.5, 0.6) is 0 Å². The maximum Gasteiger partial charge on any atom is 0.139 e. The Labute approximate surface area is 117 Å². The van der Waals surface area contributed by atoms with Crippen LogP contribution >= 0.6 is 27.5 Å². The number of hydrogen-bond acceptors (Lipinski definition) is 2. The molecule has 0 heterocycles. The van der Waals surface area contributed by atoms with Crippen LogP contribution in [-0.2, 0) is 0 Å². The number of hydrogen-bond donors (Lipinski definition) is 1. The van der Waals surface area contributed by atoms with Gasteiger partial charge in [0.05, 0.1) is 15.7 Å². The minimum atomic E-state index is -0.368. The van der Waals surface area contributed by atoms with Gasteiger partial charge in [-0.25, -0.2) is 4.39 Å². The standard InChI is InChI=1S/C13H7BrClFN2/c14-11-3-2-10(6-12(11)16)18-13-4-1-9(15)5-8(13)7-17/h1-6,18H. The van der Waals surface area contributed by atoms with E-state index in [9.17, 15) is 4.39 Å². The molecule has 1 N–H and O–H groups in total. The van der Waals surface area contributed by atoms with Crippen LogP contribution in [0.2, 0.25) is 5.02 Å². The van der Waals surface area contributed by atoms with Gasteiger partial charge in [-0.2, -0.15) is 5.26 Å². The Balaban J connectivity index is 2.34. The summed E-state index contributed by atoms with van der Waals surface area (Å²) in [7, 11) is 0. The Morgan fingerprint density at radius 1 is 1.22 bits per heavy atom. The van der Waals surface area contributed by atoms with Gasteiger partial charge in [-0.1, -0.05) is 11.6 Å². The molecule has 0 aliphatic rings. The summed E-state index contributed by atoms with van der Waals surface area (Å²) < 4.78 is 13.7. The van der Waals surface area contributed by atoms with Crippen LogP contribution in [0.15, 0.2) is 40.9 Å². The molecule has 0 unspecified atom stereocenters. The lowest BCUT2D eigenvalue weighted by molar-refractivity contribution is 0.622. The number of nitrogens with one attached hydrogen (secondary N) is 1. The average molecular weight is 326 g/mol. The molecule has 0 saturated carbocycles. The molecule has 0 aliphatic carbocycles. The van der Waals surface area contributed by atoms with Crippen molar-refractivity contribution in [2.75, 3.05) is 5.32 Å². The van der Waals surface area contributed by atoms with Gasteiger partial charge in [-0.3, -0.25) is 0 Å². The van der Waals surface area contributed by atoms with Crippen molar-refractivity contribution in [3.05, 3.63) is 57.3 Å². The van der Waals surface area contributed by atoms with E-state index in [1.807, 2.05) is 6.07 Å². The number of benzene rings is 2. The zero-order valence-corrected chi connectivity index (χ0v) is 11.4. The maximum atomic E-state index is 13.4. The molecule has 0 saturated heterocycles. The van der Waals surface area contributed by atoms with Crippen LogP contribution < -0.4 is 5.32 Å². The molecule has 90 valence electrons. The van der Waals surface area contributed by atoms with Gasteiger partial charge >= 0.3 is 0 Å². The highest BCUT2D eigenvalue weighted by molar-refractivity contribution is 9.10. The fraction of sp³-hybridized carbons (Fsp3) is 0. The highest BCUT2D eigenvalue weighted by Gasteiger charge is 2.05. The Morgan fingerprint density at radius 3 is 2.67 bits per heavy atom. The Morgan fingerprint density at radius 2 is 2.00 bits per heavy atom. The summed E-state index contributed by atoms with van der Waals surface area (Å²) in [6, 6.07) is 11.6. The fourth-order valence-corrected chi connectivity index (χ4v) is 1.87. The minimum Gasteiger partial charge on any atom is -0.354 e. The van der Waals surface area contributed by atoms with Crippen molar-refractivity contribution in [1.29, 1.82) is 5.26 Å². The maximum absolute atomic E-state index is 13.4. The topological polar surface area (TPSA) is 35.8 Å². The van der Waals surface area contributed by atoms with E-state index in [0.29, 0.717) is 26.4 Å². The van der Waals surface area contributed by atoms with Crippen molar-refractivity contribution in [3.8, 4) is 6.07 Å². The number of rotatable bonds is 2. The molecule has 0 aromatic heterocycles. The summed E-state index contributed by atoms with van der Waals surface area (Å²) in [4.78, 5) is 0. The quantitative estimate of drug-likeness (QED) is 0.856. The van der Waals surface area contributed by atoms with Gasteiger partial charge in [0.2, 0.25) is 0 Å². The molecule has 0 atom stereocenters. The Bertz CT molecular complexity index is 637. The van der Waals surface area contributed by atoms with Gasteiger partial charge in [0.25, 0.3) is 0 Å². The monoisotopic (exact) mass is 324 g/mol. The van der Waals surface area contributed by atoms with Crippen LogP contribution in [0.25, 0.3) is 0 Å². The normalized spacial score (nSPS) is 9.89. The van der Waals surface area contributed by atoms with Gasteiger partial charge in [-0.15, -0.1) is 0 Å². The largest absolute Gasteiger partial charge is 0.354 e. The third kappa shape index (κ3) is 2.81. The second-order valence-corrected chi connectivity index (χ2v) is 4.85. The molecule has 2 rings (SSSR count). The zero-order valence-electron chi connectivity index (χ0n) is 9.05. The SMILES string of the molecule is N#Cc1cc(Cl)ccc1Nc1ccc(Br)c(F)c1. The first-order chi connectivity index (χ1) is 8.60. The smallest absolute Gasteiger partial charge is 0.139 e. The van der Waals surface area contributed by atoms with E-state index in [4.69, 9.17) is 16.9 Å². The number of nitriles is 1. The van der Waals surface area contributed by atoms with Crippen molar-refractivity contribution in [1.82, 2.24) is 0 Å². The summed E-state index contributed by atoms with van der Waals surface area (Å²) in [5.41, 5.74) is 1.56. The van der Waals surface area contributed by atoms with Crippen molar-refractivity contribution < 1.29 is 4.39 Å². The van der Waals surface area contributed by atoms with Crippen molar-refractivity contribution in [2.24, 2.45) is 0 Å². The fourth-order valence-electron chi connectivity index (χ4n) is 1.45. The average Bonchev–Trinajstić information content (AvgIpc) is 2.36. The van der Waals surface area contributed by atoms with Crippen LogP contribution in [0.1, 0.15) is 5.56 Å². The molecule has 0 amide bonds. The highest BCUT2D eigenvalue weighted by atomic mass is 79.9. The van der Waals surface area contributed by atoms with E-state index in [2.05, 4.69) is 21.2 Å². The molecule has 18 heavy (non-hydrogen) atoms. The van der Waals surface area contributed by atoms with E-state index >= 15 is 0 Å². The lowest BCUT2D eigenvalue weighted by Gasteiger charge is -2.09. The molecule has 5 heteroatoms. The summed E-state index contributed by atoms with van der Waals surface area (Å²) in [6.45, 7) is 0. The summed E-state index contributed by atoms with van der Waals surface area (Å²) >= 11 is 8.88. The number of halogens is 3. The summed E-state index contributed by atoms with van der Waals surface area (Å²) in [5, 5.41) is 12.5. The molecule has 0 radical (unpaired) electrons. The Hall–Kier alpha value is -1.57. The van der Waals surface area contributed by atoms with Crippen LogP contribution in [-0.4, -0.2) is 0 Å². The first-order valence-corrected chi connectivity index (χ1v) is 6.19. The molecule has 2 nitrogen and oxygen atoms in total. The van der Waals surface area contributed by atoms with Gasteiger partial charge in [0.15, 0.2) is 0 Å². The zero-order chi connectivity index (χ0) is 13.1. The number of anilines is 2. The highest BCUT2D eigenvalue weighted by Crippen LogP contribution is 2.26. The van der Waals surface area contributed by atoms with Crippen molar-refractivity contribution >= 4 is 38.9 Å². The van der Waals surface area contributed by atoms with Crippen LogP contribution in [0, 0.1) is 17.1 Å². The second kappa shape index (κ2) is 5.38. The lowest BCUT2D eigenvalue weighted by atomic mass is 10.2. The molecule has 0 aliphatic heterocycles. The summed E-state index contributed by atoms with van der Waals surface area (Å²) in [6.07, 6.45) is 0. The lowest BCUT2D eigenvalue weighted by Crippen LogP contribution is -1.94. The molecule has 0 bridgehead atoms. The molecule has 0 fully saturated rings. The van der Waals surface area contributed by atoms with Crippen molar-refractivity contribution in [3.63, 3.8) is 0 Å². The predicted molar refractivity (Wildman–Crippen MR) is 73.5 cm³/mol. The van der Waals surface area contributed by atoms with E-state index in [1.165, 1.54) is 6.07 Å². The second-order valence-electron chi connectivity index (χ2n) is 3.56. The van der Waals surface area contributed by atoms with Gasteiger partial charge in [0.1, 0.15) is 11.9 Å². The van der Waals surface area contributed by atoms with E-state index in [1.54, 1.807) is 30.3 Å². The molecular weight excluding hydrogens is 319 g/mol. The van der Waals surface area contributed by atoms with Crippen LogP contribution in [0.3, 0.4) is 0 Å². The van der Waals surface area contributed by atoms with Gasteiger partial charge < -0.3 is 5.32 Å². The minimum absolute atomic E-state index is 0.368. The molecule has 2 aromatic rings. The molecular formula is C13H7BrClFN2. The number of nitrogens with zero attached hydrogens (tertiary/aromatic N) is 1. The Kier molecular flexibility index (Phi) is 3.85. The third-order valence-corrected chi connectivity index (χ3v) is 3.18. The van der Waals surface area contributed by atoms with E-state index in [0.717, 1.165) is 0 Å². The first kappa shape index (κ1) is 12.9. The molecule has 0 spiro atoms. The van der Waals surface area contributed by atoms with E-state index < -0.39 is 0 Å². The third-order valence-electron chi connectivity index (χ3n) is 2.30.